The molecular weight excluding hydrogens is 340 g/mol. The third kappa shape index (κ3) is 5.76. The van der Waals surface area contributed by atoms with Crippen molar-refractivity contribution in [3.63, 3.8) is 0 Å². The lowest BCUT2D eigenvalue weighted by Gasteiger charge is -2.08. The second-order valence-corrected chi connectivity index (χ2v) is 5.87. The lowest BCUT2D eigenvalue weighted by molar-refractivity contribution is -0.112. The number of halogens is 1. The van der Waals surface area contributed by atoms with Crippen molar-refractivity contribution >= 4 is 35.1 Å². The van der Waals surface area contributed by atoms with Gasteiger partial charge in [0.05, 0.1) is 5.88 Å². The number of H-pyrrole nitrogens is 1. The molecule has 0 unspecified atom stereocenters. The smallest absolute Gasteiger partial charge is 0.255 e. The molecule has 1 aromatic heterocycles. The van der Waals surface area contributed by atoms with Crippen LogP contribution in [0.2, 0.25) is 0 Å². The van der Waals surface area contributed by atoms with Gasteiger partial charge >= 0.3 is 0 Å². The number of carbonyl (C=O) groups is 1. The Balaban J connectivity index is 1.83. The Hall–Kier alpha value is -2.60. The highest BCUT2D eigenvalue weighted by molar-refractivity contribution is 6.29. The first-order valence-electron chi connectivity index (χ1n) is 7.95. The van der Waals surface area contributed by atoms with E-state index in [9.17, 15) is 9.59 Å². The Morgan fingerprint density at radius 2 is 2.08 bits per heavy atom. The van der Waals surface area contributed by atoms with Crippen LogP contribution in [0.4, 0.5) is 11.6 Å². The molecule has 2 aromatic rings. The summed E-state index contributed by atoms with van der Waals surface area (Å²) < 4.78 is 0. The summed E-state index contributed by atoms with van der Waals surface area (Å²) in [5.41, 5.74) is 8.58. The quantitative estimate of drug-likeness (QED) is 0.381. The number of anilines is 2. The van der Waals surface area contributed by atoms with Gasteiger partial charge in [0.15, 0.2) is 5.78 Å². The summed E-state index contributed by atoms with van der Waals surface area (Å²) in [6.45, 7) is 2.51. The van der Waals surface area contributed by atoms with E-state index >= 15 is 0 Å². The molecule has 4 N–H and O–H groups in total. The van der Waals surface area contributed by atoms with Crippen LogP contribution in [0, 0.1) is 6.92 Å². The maximum absolute atomic E-state index is 11.9. The molecule has 0 bridgehead atoms. The van der Waals surface area contributed by atoms with E-state index in [0.29, 0.717) is 17.7 Å². The van der Waals surface area contributed by atoms with E-state index < -0.39 is 0 Å². The monoisotopic (exact) mass is 360 g/mol. The van der Waals surface area contributed by atoms with Gasteiger partial charge in [-0.05, 0) is 43.5 Å². The minimum Gasteiger partial charge on any atom is -0.385 e. The average molecular weight is 361 g/mol. The molecule has 0 aliphatic heterocycles. The number of aromatic amines is 1. The third-order valence-electron chi connectivity index (χ3n) is 3.68. The normalized spacial score (nSPS) is 11.0. The van der Waals surface area contributed by atoms with Gasteiger partial charge in [0.2, 0.25) is 5.95 Å². The molecule has 0 fully saturated rings. The zero-order valence-corrected chi connectivity index (χ0v) is 14.8. The molecule has 0 saturated heterocycles. The number of nitrogens with two attached hydrogens (primary N) is 1. The standard InChI is InChI=1S/C18H21ClN4O2/c1-12-16(17(25)23-18(20)22-12)3-2-10-21-14-7-4-13(5-8-14)6-9-15(24)11-19/h4-9,21H,2-3,10-11H2,1H3,(H3,20,22,23,25)/b9-6-. The van der Waals surface area contributed by atoms with Gasteiger partial charge in [-0.25, -0.2) is 4.98 Å². The predicted molar refractivity (Wildman–Crippen MR) is 102 cm³/mol. The molecule has 0 aliphatic carbocycles. The van der Waals surface area contributed by atoms with Crippen molar-refractivity contribution in [1.29, 1.82) is 0 Å². The maximum Gasteiger partial charge on any atom is 0.255 e. The number of carbonyl (C=O) groups excluding carboxylic acids is 1. The average Bonchev–Trinajstić information content (AvgIpc) is 2.59. The van der Waals surface area contributed by atoms with Gasteiger partial charge in [0.25, 0.3) is 5.56 Å². The highest BCUT2D eigenvalue weighted by Crippen LogP contribution is 2.11. The number of aryl methyl sites for hydroxylation is 1. The van der Waals surface area contributed by atoms with Crippen molar-refractivity contribution in [1.82, 2.24) is 9.97 Å². The molecule has 25 heavy (non-hydrogen) atoms. The second-order valence-electron chi connectivity index (χ2n) is 5.60. The molecule has 0 aliphatic rings. The zero-order chi connectivity index (χ0) is 18.2. The Bertz CT molecular complexity index is 813. The zero-order valence-electron chi connectivity index (χ0n) is 14.0. The first kappa shape index (κ1) is 18.7. The molecule has 1 aromatic carbocycles. The number of benzene rings is 1. The number of alkyl halides is 1. The number of hydrogen-bond acceptors (Lipinski definition) is 5. The van der Waals surface area contributed by atoms with Crippen molar-refractivity contribution in [2.75, 3.05) is 23.5 Å². The molecule has 6 nitrogen and oxygen atoms in total. The number of rotatable bonds is 8. The summed E-state index contributed by atoms with van der Waals surface area (Å²) in [7, 11) is 0. The minimum atomic E-state index is -0.173. The Kier molecular flexibility index (Phi) is 6.77. The number of hydrogen-bond donors (Lipinski definition) is 3. The maximum atomic E-state index is 11.9. The number of ketones is 1. The highest BCUT2D eigenvalue weighted by atomic mass is 35.5. The lowest BCUT2D eigenvalue weighted by atomic mass is 10.1. The summed E-state index contributed by atoms with van der Waals surface area (Å²) in [6, 6.07) is 7.71. The van der Waals surface area contributed by atoms with Crippen LogP contribution in [-0.2, 0) is 11.2 Å². The van der Waals surface area contributed by atoms with E-state index in [1.807, 2.05) is 24.3 Å². The van der Waals surface area contributed by atoms with Gasteiger partial charge in [-0.3, -0.25) is 14.6 Å². The molecule has 0 saturated carbocycles. The van der Waals surface area contributed by atoms with Gasteiger partial charge in [-0.15, -0.1) is 11.6 Å². The van der Waals surface area contributed by atoms with Crippen molar-refractivity contribution in [2.24, 2.45) is 0 Å². The first-order valence-corrected chi connectivity index (χ1v) is 8.49. The van der Waals surface area contributed by atoms with Crippen LogP contribution in [0.1, 0.15) is 23.2 Å². The van der Waals surface area contributed by atoms with Crippen LogP contribution in [0.25, 0.3) is 6.08 Å². The van der Waals surface area contributed by atoms with Crippen LogP contribution in [0.15, 0.2) is 35.1 Å². The predicted octanol–water partition coefficient (Wildman–Crippen LogP) is 2.53. The Morgan fingerprint density at radius 3 is 2.72 bits per heavy atom. The minimum absolute atomic E-state index is 0.0119. The molecule has 0 atom stereocenters. The lowest BCUT2D eigenvalue weighted by Crippen LogP contribution is -2.19. The van der Waals surface area contributed by atoms with Crippen LogP contribution < -0.4 is 16.6 Å². The van der Waals surface area contributed by atoms with Crippen molar-refractivity contribution < 1.29 is 4.79 Å². The second kappa shape index (κ2) is 9.03. The number of nitrogens with one attached hydrogen (secondary N) is 2. The number of nitrogens with zero attached hydrogens (tertiary/aromatic N) is 1. The highest BCUT2D eigenvalue weighted by Gasteiger charge is 2.06. The van der Waals surface area contributed by atoms with E-state index in [1.54, 1.807) is 13.0 Å². The van der Waals surface area contributed by atoms with Crippen LogP contribution in [-0.4, -0.2) is 28.2 Å². The fraction of sp³-hybridized carbons (Fsp3) is 0.278. The van der Waals surface area contributed by atoms with Crippen LogP contribution >= 0.6 is 11.6 Å². The van der Waals surface area contributed by atoms with Gasteiger partial charge < -0.3 is 11.1 Å². The van der Waals surface area contributed by atoms with Crippen molar-refractivity contribution in [2.45, 2.75) is 19.8 Å². The first-order chi connectivity index (χ1) is 12.0. The van der Waals surface area contributed by atoms with Gasteiger partial charge in [0.1, 0.15) is 0 Å². The van der Waals surface area contributed by atoms with E-state index in [0.717, 1.165) is 24.2 Å². The summed E-state index contributed by atoms with van der Waals surface area (Å²) >= 11 is 5.44. The summed E-state index contributed by atoms with van der Waals surface area (Å²) in [6.07, 6.45) is 4.62. The van der Waals surface area contributed by atoms with Gasteiger partial charge in [-0.1, -0.05) is 18.2 Å². The molecule has 132 valence electrons. The van der Waals surface area contributed by atoms with Crippen molar-refractivity contribution in [3.8, 4) is 0 Å². The van der Waals surface area contributed by atoms with Gasteiger partial charge in [-0.2, -0.15) is 0 Å². The topological polar surface area (TPSA) is 101 Å². The number of allylic oxidation sites excluding steroid dienone is 1. The molecule has 0 radical (unpaired) electrons. The van der Waals surface area contributed by atoms with Gasteiger partial charge in [0, 0.05) is 23.5 Å². The van der Waals surface area contributed by atoms with Crippen LogP contribution in [0.5, 0.6) is 0 Å². The fourth-order valence-electron chi connectivity index (χ4n) is 2.37. The fourth-order valence-corrected chi connectivity index (χ4v) is 2.46. The van der Waals surface area contributed by atoms with E-state index in [-0.39, 0.29) is 23.2 Å². The van der Waals surface area contributed by atoms with Crippen LogP contribution in [0.3, 0.4) is 0 Å². The van der Waals surface area contributed by atoms with Crippen molar-refractivity contribution in [3.05, 3.63) is 57.5 Å². The Morgan fingerprint density at radius 1 is 1.36 bits per heavy atom. The molecule has 0 amide bonds. The largest absolute Gasteiger partial charge is 0.385 e. The van der Waals surface area contributed by atoms with E-state index in [2.05, 4.69) is 15.3 Å². The summed E-state index contributed by atoms with van der Waals surface area (Å²) in [5, 5.41) is 3.30. The van der Waals surface area contributed by atoms with E-state index in [4.69, 9.17) is 17.3 Å². The number of aromatic nitrogens is 2. The molecule has 2 rings (SSSR count). The van der Waals surface area contributed by atoms with E-state index in [1.165, 1.54) is 6.08 Å². The molecule has 7 heteroatoms. The summed E-state index contributed by atoms with van der Waals surface area (Å²) in [5.74, 6) is 0.0136. The summed E-state index contributed by atoms with van der Waals surface area (Å²) in [4.78, 5) is 29.6. The molecule has 0 spiro atoms. The third-order valence-corrected chi connectivity index (χ3v) is 3.94. The number of nitrogen functional groups attached to an aromatic ring is 1. The molecule has 1 heterocycles. The molecular formula is C18H21ClN4O2. The Labute approximate surface area is 151 Å². The SMILES string of the molecule is Cc1nc(N)[nH]c(=O)c1CCCNc1ccc(/C=C\C(=O)CCl)cc1.